The Balaban J connectivity index is 2.61. The van der Waals surface area contributed by atoms with Gasteiger partial charge in [-0.1, -0.05) is 27.2 Å². The van der Waals surface area contributed by atoms with Gasteiger partial charge in [-0.05, 0) is 43.0 Å². The van der Waals surface area contributed by atoms with Gasteiger partial charge in [0.25, 0.3) is 0 Å². The third kappa shape index (κ3) is 4.40. The molecule has 0 spiro atoms. The molecule has 0 saturated heterocycles. The van der Waals surface area contributed by atoms with Crippen molar-refractivity contribution in [1.29, 1.82) is 0 Å². The van der Waals surface area contributed by atoms with Crippen LogP contribution in [-0.4, -0.2) is 17.1 Å². The Morgan fingerprint density at radius 2 is 1.83 bits per heavy atom. The molecule has 0 aliphatic heterocycles. The first-order valence-electron chi connectivity index (χ1n) is 6.66. The quantitative estimate of drug-likeness (QED) is 0.767. The lowest BCUT2D eigenvalue weighted by molar-refractivity contribution is 0.0697. The van der Waals surface area contributed by atoms with Gasteiger partial charge in [-0.15, -0.1) is 0 Å². The molecule has 3 nitrogen and oxygen atoms in total. The predicted molar refractivity (Wildman–Crippen MR) is 75.2 cm³/mol. The molecule has 2 N–H and O–H groups in total. The average molecular weight is 249 g/mol. The second kappa shape index (κ2) is 7.04. The molecule has 3 heteroatoms. The molecule has 0 bridgehead atoms. The highest BCUT2D eigenvalue weighted by atomic mass is 16.4. The van der Waals surface area contributed by atoms with Gasteiger partial charge < -0.3 is 10.4 Å². The van der Waals surface area contributed by atoms with Gasteiger partial charge in [0.15, 0.2) is 0 Å². The topological polar surface area (TPSA) is 49.3 Å². The molecule has 18 heavy (non-hydrogen) atoms. The monoisotopic (exact) mass is 249 g/mol. The van der Waals surface area contributed by atoms with Crippen molar-refractivity contribution in [2.45, 2.75) is 46.1 Å². The van der Waals surface area contributed by atoms with Crippen LogP contribution in [-0.2, 0) is 0 Å². The molecule has 1 aromatic carbocycles. The van der Waals surface area contributed by atoms with Crippen LogP contribution in [0.15, 0.2) is 24.3 Å². The van der Waals surface area contributed by atoms with Crippen LogP contribution in [0.1, 0.15) is 50.4 Å². The maximum atomic E-state index is 10.8. The SMILES string of the molecule is CCC(C)CC(CC)Nc1ccc(C(=O)O)cc1. The standard InChI is InChI=1S/C15H23NO2/c1-4-11(3)10-13(5-2)16-14-8-6-12(7-9-14)15(17)18/h6-9,11,13,16H,4-5,10H2,1-3H3,(H,17,18). The number of carboxylic acid groups (broad SMARTS) is 1. The number of nitrogens with one attached hydrogen (secondary N) is 1. The van der Waals surface area contributed by atoms with E-state index >= 15 is 0 Å². The number of carboxylic acids is 1. The fraction of sp³-hybridized carbons (Fsp3) is 0.533. The first kappa shape index (κ1) is 14.6. The van der Waals surface area contributed by atoms with Crippen molar-refractivity contribution in [3.8, 4) is 0 Å². The first-order chi connectivity index (χ1) is 8.56. The van der Waals surface area contributed by atoms with Crippen LogP contribution in [0.3, 0.4) is 0 Å². The summed E-state index contributed by atoms with van der Waals surface area (Å²) < 4.78 is 0. The molecule has 0 saturated carbocycles. The van der Waals surface area contributed by atoms with E-state index in [2.05, 4.69) is 26.1 Å². The van der Waals surface area contributed by atoms with Gasteiger partial charge in [0.05, 0.1) is 5.56 Å². The predicted octanol–water partition coefficient (Wildman–Crippen LogP) is 4.01. The van der Waals surface area contributed by atoms with Gasteiger partial charge in [-0.3, -0.25) is 0 Å². The summed E-state index contributed by atoms with van der Waals surface area (Å²) in [4.78, 5) is 10.8. The van der Waals surface area contributed by atoms with Crippen molar-refractivity contribution in [3.05, 3.63) is 29.8 Å². The van der Waals surface area contributed by atoms with E-state index in [4.69, 9.17) is 5.11 Å². The number of hydrogen-bond donors (Lipinski definition) is 2. The van der Waals surface area contributed by atoms with Crippen molar-refractivity contribution >= 4 is 11.7 Å². The lowest BCUT2D eigenvalue weighted by Crippen LogP contribution is -2.21. The zero-order valence-corrected chi connectivity index (χ0v) is 11.4. The third-order valence-electron chi connectivity index (χ3n) is 3.38. The van der Waals surface area contributed by atoms with Crippen molar-refractivity contribution < 1.29 is 9.90 Å². The van der Waals surface area contributed by atoms with Crippen LogP contribution < -0.4 is 5.32 Å². The summed E-state index contributed by atoms with van der Waals surface area (Å²) in [6.07, 6.45) is 3.41. The largest absolute Gasteiger partial charge is 0.478 e. The number of benzene rings is 1. The lowest BCUT2D eigenvalue weighted by Gasteiger charge is -2.21. The van der Waals surface area contributed by atoms with Gasteiger partial charge in [-0.2, -0.15) is 0 Å². The number of aromatic carboxylic acids is 1. The fourth-order valence-corrected chi connectivity index (χ4v) is 1.92. The molecule has 0 aliphatic carbocycles. The molecule has 0 fully saturated rings. The Hall–Kier alpha value is -1.51. The summed E-state index contributed by atoms with van der Waals surface area (Å²) in [5, 5.41) is 12.3. The van der Waals surface area contributed by atoms with E-state index in [1.165, 1.54) is 6.42 Å². The smallest absolute Gasteiger partial charge is 0.335 e. The second-order valence-electron chi connectivity index (χ2n) is 4.88. The summed E-state index contributed by atoms with van der Waals surface area (Å²) >= 11 is 0. The zero-order chi connectivity index (χ0) is 13.5. The molecule has 2 atom stereocenters. The Morgan fingerprint density at radius 1 is 1.22 bits per heavy atom. The maximum Gasteiger partial charge on any atom is 0.335 e. The van der Waals surface area contributed by atoms with Crippen LogP contribution in [0.25, 0.3) is 0 Å². The molecule has 100 valence electrons. The Bertz CT molecular complexity index is 373. The number of anilines is 1. The highest BCUT2D eigenvalue weighted by Gasteiger charge is 2.10. The molecule has 0 aromatic heterocycles. The molecule has 0 aliphatic rings. The minimum absolute atomic E-state index is 0.329. The molecular formula is C15H23NO2. The Labute approximate surface area is 109 Å². The number of hydrogen-bond acceptors (Lipinski definition) is 2. The normalized spacial score (nSPS) is 13.9. The van der Waals surface area contributed by atoms with Gasteiger partial charge in [0, 0.05) is 11.7 Å². The van der Waals surface area contributed by atoms with Crippen molar-refractivity contribution in [3.63, 3.8) is 0 Å². The lowest BCUT2D eigenvalue weighted by atomic mass is 9.97. The summed E-state index contributed by atoms with van der Waals surface area (Å²) in [6.45, 7) is 6.64. The van der Waals surface area contributed by atoms with E-state index in [1.807, 2.05) is 12.1 Å². The van der Waals surface area contributed by atoms with Crippen LogP contribution in [0.5, 0.6) is 0 Å². The van der Waals surface area contributed by atoms with Crippen molar-refractivity contribution in [2.24, 2.45) is 5.92 Å². The van der Waals surface area contributed by atoms with E-state index < -0.39 is 5.97 Å². The van der Waals surface area contributed by atoms with Gasteiger partial charge >= 0.3 is 5.97 Å². The molecule has 1 aromatic rings. The molecule has 2 unspecified atom stereocenters. The minimum Gasteiger partial charge on any atom is -0.478 e. The van der Waals surface area contributed by atoms with Gasteiger partial charge in [0.2, 0.25) is 0 Å². The van der Waals surface area contributed by atoms with E-state index in [0.717, 1.165) is 18.5 Å². The fourth-order valence-electron chi connectivity index (χ4n) is 1.92. The van der Waals surface area contributed by atoms with Crippen LogP contribution in [0.4, 0.5) is 5.69 Å². The molecule has 0 amide bonds. The Morgan fingerprint density at radius 3 is 2.28 bits per heavy atom. The average Bonchev–Trinajstić information content (AvgIpc) is 2.38. The van der Waals surface area contributed by atoms with Crippen LogP contribution >= 0.6 is 0 Å². The van der Waals surface area contributed by atoms with E-state index in [0.29, 0.717) is 17.5 Å². The highest BCUT2D eigenvalue weighted by molar-refractivity contribution is 5.87. The second-order valence-corrected chi connectivity index (χ2v) is 4.88. The maximum absolute atomic E-state index is 10.8. The number of rotatable bonds is 7. The third-order valence-corrected chi connectivity index (χ3v) is 3.38. The van der Waals surface area contributed by atoms with Crippen molar-refractivity contribution in [2.75, 3.05) is 5.32 Å². The van der Waals surface area contributed by atoms with E-state index in [-0.39, 0.29) is 0 Å². The molecule has 0 radical (unpaired) electrons. The summed E-state index contributed by atoms with van der Waals surface area (Å²) in [7, 11) is 0. The van der Waals surface area contributed by atoms with E-state index in [9.17, 15) is 4.79 Å². The minimum atomic E-state index is -0.881. The molecule has 0 heterocycles. The van der Waals surface area contributed by atoms with Crippen LogP contribution in [0.2, 0.25) is 0 Å². The van der Waals surface area contributed by atoms with Crippen LogP contribution in [0, 0.1) is 5.92 Å². The van der Waals surface area contributed by atoms with E-state index in [1.54, 1.807) is 12.1 Å². The highest BCUT2D eigenvalue weighted by Crippen LogP contribution is 2.17. The van der Waals surface area contributed by atoms with Crippen molar-refractivity contribution in [1.82, 2.24) is 0 Å². The summed E-state index contributed by atoms with van der Waals surface area (Å²) in [5.74, 6) is -0.172. The summed E-state index contributed by atoms with van der Waals surface area (Å²) in [5.41, 5.74) is 1.32. The first-order valence-corrected chi connectivity index (χ1v) is 6.66. The van der Waals surface area contributed by atoms with Gasteiger partial charge in [0.1, 0.15) is 0 Å². The molecule has 1 rings (SSSR count). The summed E-state index contributed by atoms with van der Waals surface area (Å²) in [6, 6.07) is 7.41. The number of carbonyl (C=O) groups is 1. The van der Waals surface area contributed by atoms with Gasteiger partial charge in [-0.25, -0.2) is 4.79 Å². The molecular weight excluding hydrogens is 226 g/mol. The Kier molecular flexibility index (Phi) is 5.69. The zero-order valence-electron chi connectivity index (χ0n) is 11.4.